The average molecular weight is 146 g/mol. The van der Waals surface area contributed by atoms with Crippen molar-refractivity contribution < 1.29 is 49.7 Å². The van der Waals surface area contributed by atoms with Gasteiger partial charge < -0.3 is 9.90 Å². The van der Waals surface area contributed by atoms with Gasteiger partial charge in [0.1, 0.15) is 5.97 Å². The zero-order chi connectivity index (χ0) is 10.2. The molecule has 0 aliphatic heterocycles. The summed E-state index contributed by atoms with van der Waals surface area (Å²) in [7, 11) is 0. The fourth-order valence-electron chi connectivity index (χ4n) is 0.153. The minimum absolute atomic E-state index is 0. The summed E-state index contributed by atoms with van der Waals surface area (Å²) < 4.78 is 27.1. The molecular formula is C5H7NaO3. The number of rotatable bonds is 2. The van der Waals surface area contributed by atoms with Gasteiger partial charge in [-0.2, -0.15) is 0 Å². The first-order chi connectivity index (χ1) is 5.10. The normalized spacial score (nSPS) is 22.8. The van der Waals surface area contributed by atoms with E-state index in [1.165, 1.54) is 0 Å². The first kappa shape index (κ1) is 4.88. The van der Waals surface area contributed by atoms with Crippen molar-refractivity contribution in [2.45, 2.75) is 13.8 Å². The first-order valence-electron chi connectivity index (χ1n) is 3.86. The van der Waals surface area contributed by atoms with Crippen LogP contribution >= 0.6 is 0 Å². The van der Waals surface area contributed by atoms with E-state index in [9.17, 15) is 14.7 Å². The van der Waals surface area contributed by atoms with Crippen LogP contribution in [0.4, 0.5) is 0 Å². The summed E-state index contributed by atoms with van der Waals surface area (Å²) in [6.07, 6.45) is 0. The minimum Gasteiger partial charge on any atom is -0.542 e. The molecule has 0 N–H and O–H groups in total. The number of carbonyl (C=O) groups excluding carboxylic acids is 2. The third-order valence-corrected chi connectivity index (χ3v) is 0.526. The van der Waals surface area contributed by atoms with Gasteiger partial charge in [-0.3, -0.25) is 4.79 Å². The zero-order valence-corrected chi connectivity index (χ0v) is 7.22. The molecule has 1 unspecified atom stereocenters. The molecule has 9 heavy (non-hydrogen) atoms. The SMILES string of the molecule is [2H]C([2H])([2H])[13C]([2H])([13CH3])[13C](=O)[13C](=O)[O-].[Na+]. The van der Waals surface area contributed by atoms with Crippen molar-refractivity contribution in [1.82, 2.24) is 0 Å². The first-order valence-corrected chi connectivity index (χ1v) is 1.86. The number of hydrogen-bond acceptors (Lipinski definition) is 3. The molecule has 0 spiro atoms. The van der Waals surface area contributed by atoms with Crippen molar-refractivity contribution in [2.24, 2.45) is 5.89 Å². The molecule has 0 aromatic rings. The molecule has 1 atom stereocenters. The Hall–Kier alpha value is 0.140. The Labute approximate surface area is 81.3 Å². The summed E-state index contributed by atoms with van der Waals surface area (Å²) in [5.41, 5.74) is 0. The van der Waals surface area contributed by atoms with Gasteiger partial charge in [0.25, 0.3) is 0 Å². The van der Waals surface area contributed by atoms with Gasteiger partial charge in [0.05, 0.1) is 0 Å². The van der Waals surface area contributed by atoms with E-state index in [0.717, 1.165) is 6.92 Å². The molecule has 0 aliphatic carbocycles. The Morgan fingerprint density at radius 3 is 2.33 bits per heavy atom. The number of Topliss-reactive ketones (excluding diaryl/α,β-unsaturated/α-hetero) is 1. The maximum Gasteiger partial charge on any atom is 1.00 e. The predicted octanol–water partition coefficient (Wildman–Crippen LogP) is -4.03. The van der Waals surface area contributed by atoms with Gasteiger partial charge in [-0.05, 0) is 0 Å². The van der Waals surface area contributed by atoms with Gasteiger partial charge in [0.2, 0.25) is 0 Å². The van der Waals surface area contributed by atoms with Crippen LogP contribution in [0.2, 0.25) is 0 Å². The monoisotopic (exact) mass is 146 g/mol. The van der Waals surface area contributed by atoms with Gasteiger partial charge in [-0.1, -0.05) is 13.8 Å². The van der Waals surface area contributed by atoms with Gasteiger partial charge in [-0.15, -0.1) is 0 Å². The Bertz CT molecular complexity index is 222. The number of carboxylic acids is 1. The summed E-state index contributed by atoms with van der Waals surface area (Å²) in [4.78, 5) is 20.6. The maximum atomic E-state index is 10.6. The smallest absolute Gasteiger partial charge is 0.542 e. The third-order valence-electron chi connectivity index (χ3n) is 0.526. The quantitative estimate of drug-likeness (QED) is 0.226. The topological polar surface area (TPSA) is 57.2 Å². The van der Waals surface area contributed by atoms with Crippen LogP contribution in [0, 0.1) is 5.89 Å². The van der Waals surface area contributed by atoms with Crippen LogP contribution in [0.25, 0.3) is 0 Å². The molecule has 0 saturated carbocycles. The summed E-state index contributed by atoms with van der Waals surface area (Å²) in [5.74, 6) is -6.52. The number of aliphatic carboxylic acids is 1. The molecule has 0 heterocycles. The van der Waals surface area contributed by atoms with Crippen LogP contribution in [-0.4, -0.2) is 11.8 Å². The summed E-state index contributed by atoms with van der Waals surface area (Å²) in [6.45, 7) is -2.23. The molecule has 0 saturated heterocycles. The van der Waals surface area contributed by atoms with E-state index in [-0.39, 0.29) is 29.6 Å². The van der Waals surface area contributed by atoms with E-state index in [1.54, 1.807) is 0 Å². The number of carbonyl (C=O) groups is 2. The molecule has 0 radical (unpaired) electrons. The Kier molecular flexibility index (Phi) is 2.69. The van der Waals surface area contributed by atoms with Gasteiger partial charge in [0, 0.05) is 11.4 Å². The van der Waals surface area contributed by atoms with E-state index in [1.807, 2.05) is 0 Å². The van der Waals surface area contributed by atoms with Crippen molar-refractivity contribution in [1.29, 1.82) is 0 Å². The fourth-order valence-corrected chi connectivity index (χ4v) is 0.153. The molecule has 3 nitrogen and oxygen atoms in total. The molecule has 0 bridgehead atoms. The zero-order valence-electron chi connectivity index (χ0n) is 9.22. The van der Waals surface area contributed by atoms with Gasteiger partial charge in [0.15, 0.2) is 5.78 Å². The summed E-state index contributed by atoms with van der Waals surface area (Å²) in [6, 6.07) is 0. The maximum absolute atomic E-state index is 10.6. The van der Waals surface area contributed by atoms with E-state index < -0.39 is 24.5 Å². The van der Waals surface area contributed by atoms with Gasteiger partial charge >= 0.3 is 29.6 Å². The standard InChI is InChI=1S/C5H8O3.Na/c1-3(2)4(6)5(7)8;/h3H,1-2H3,(H,7,8);/q;+1/p-1/i1D3,2+1,3+1D,4+1,5+1;. The molecule has 0 aliphatic rings. The number of ketones is 1. The fraction of sp³-hybridized carbons (Fsp3) is 0.600. The third kappa shape index (κ3) is 4.63. The minimum atomic E-state index is -2.95. The van der Waals surface area contributed by atoms with E-state index in [4.69, 9.17) is 5.48 Å². The predicted molar refractivity (Wildman–Crippen MR) is 24.9 cm³/mol. The molecule has 0 aromatic heterocycles. The van der Waals surface area contributed by atoms with E-state index in [2.05, 4.69) is 0 Å². The van der Waals surface area contributed by atoms with Crippen LogP contribution in [0.5, 0.6) is 0 Å². The van der Waals surface area contributed by atoms with Crippen LogP contribution in [0.1, 0.15) is 19.3 Å². The Morgan fingerprint density at radius 1 is 1.78 bits per heavy atom. The molecule has 46 valence electrons. The van der Waals surface area contributed by atoms with Crippen LogP contribution in [-0.2, 0) is 9.59 Å². The van der Waals surface area contributed by atoms with Crippen LogP contribution in [0.3, 0.4) is 0 Å². The second kappa shape index (κ2) is 4.97. The van der Waals surface area contributed by atoms with Crippen LogP contribution in [0.15, 0.2) is 0 Å². The largest absolute Gasteiger partial charge is 1.00 e. The number of hydrogen-bond donors (Lipinski definition) is 0. The van der Waals surface area contributed by atoms with Crippen molar-refractivity contribution in [2.75, 3.05) is 0 Å². The molecule has 0 fully saturated rings. The molecule has 0 amide bonds. The van der Waals surface area contributed by atoms with Crippen molar-refractivity contribution >= 4 is 11.8 Å². The number of carboxylic acid groups (broad SMARTS) is 1. The van der Waals surface area contributed by atoms with E-state index >= 15 is 0 Å². The second-order valence-corrected chi connectivity index (χ2v) is 1.24. The van der Waals surface area contributed by atoms with Crippen molar-refractivity contribution in [3.05, 3.63) is 0 Å². The second-order valence-electron chi connectivity index (χ2n) is 1.24. The summed E-state index contributed by atoms with van der Waals surface area (Å²) >= 11 is 0. The Morgan fingerprint density at radius 2 is 2.22 bits per heavy atom. The Balaban J connectivity index is 0. The van der Waals surface area contributed by atoms with Crippen LogP contribution < -0.4 is 34.7 Å². The van der Waals surface area contributed by atoms with Crippen molar-refractivity contribution in [3.8, 4) is 0 Å². The molecular weight excluding hydrogens is 135 g/mol. The molecule has 0 rings (SSSR count). The van der Waals surface area contributed by atoms with E-state index in [0.29, 0.717) is 0 Å². The average Bonchev–Trinajstić information content (AvgIpc) is 1.83. The summed E-state index contributed by atoms with van der Waals surface area (Å²) in [5, 5.41) is 9.96. The van der Waals surface area contributed by atoms with Gasteiger partial charge in [-0.25, -0.2) is 0 Å². The molecule has 4 heteroatoms. The van der Waals surface area contributed by atoms with Crippen molar-refractivity contribution in [3.63, 3.8) is 0 Å². The molecule has 0 aromatic carbocycles.